The SMILES string of the molecule is Cc1c(N)ccc(C(Cl)Cl)c1C.Cl. The number of benzene rings is 1. The first-order chi connectivity index (χ1) is 5.54. The monoisotopic (exact) mass is 239 g/mol. The van der Waals surface area contributed by atoms with Crippen molar-refractivity contribution in [2.24, 2.45) is 0 Å². The molecule has 0 atom stereocenters. The van der Waals surface area contributed by atoms with Gasteiger partial charge in [-0.3, -0.25) is 0 Å². The largest absolute Gasteiger partial charge is 0.399 e. The van der Waals surface area contributed by atoms with Gasteiger partial charge in [0.25, 0.3) is 0 Å². The number of hydrogen-bond acceptors (Lipinski definition) is 1. The summed E-state index contributed by atoms with van der Waals surface area (Å²) >= 11 is 11.5. The quantitative estimate of drug-likeness (QED) is 0.587. The minimum atomic E-state index is -0.468. The summed E-state index contributed by atoms with van der Waals surface area (Å²) in [7, 11) is 0. The fourth-order valence-electron chi connectivity index (χ4n) is 1.10. The van der Waals surface area contributed by atoms with E-state index >= 15 is 0 Å². The highest BCUT2D eigenvalue weighted by atomic mass is 35.5. The molecule has 0 fully saturated rings. The summed E-state index contributed by atoms with van der Waals surface area (Å²) in [5.74, 6) is 0. The molecule has 0 saturated carbocycles. The molecular formula is C9H12Cl3N. The highest BCUT2D eigenvalue weighted by Gasteiger charge is 2.09. The van der Waals surface area contributed by atoms with Gasteiger partial charge in [0.2, 0.25) is 0 Å². The van der Waals surface area contributed by atoms with E-state index in [0.717, 1.165) is 22.4 Å². The first-order valence-corrected chi connectivity index (χ1v) is 4.55. The van der Waals surface area contributed by atoms with Crippen molar-refractivity contribution in [2.75, 3.05) is 5.73 Å². The van der Waals surface area contributed by atoms with E-state index in [2.05, 4.69) is 0 Å². The molecule has 0 radical (unpaired) electrons. The first kappa shape index (κ1) is 12.9. The maximum absolute atomic E-state index is 5.76. The van der Waals surface area contributed by atoms with Gasteiger partial charge in [0.05, 0.1) is 0 Å². The number of nitrogens with two attached hydrogens (primary N) is 1. The zero-order valence-corrected chi connectivity index (χ0v) is 9.80. The van der Waals surface area contributed by atoms with Crippen LogP contribution in [0.25, 0.3) is 0 Å². The molecule has 4 heteroatoms. The lowest BCUT2D eigenvalue weighted by Crippen LogP contribution is -1.96. The van der Waals surface area contributed by atoms with Crippen molar-refractivity contribution in [1.82, 2.24) is 0 Å². The van der Waals surface area contributed by atoms with Crippen LogP contribution >= 0.6 is 35.6 Å². The van der Waals surface area contributed by atoms with Gasteiger partial charge in [0, 0.05) is 5.69 Å². The summed E-state index contributed by atoms with van der Waals surface area (Å²) in [5.41, 5.74) is 9.55. The third-order valence-electron chi connectivity index (χ3n) is 2.11. The Morgan fingerprint density at radius 3 is 2.15 bits per heavy atom. The third kappa shape index (κ3) is 2.67. The Morgan fingerprint density at radius 2 is 1.69 bits per heavy atom. The molecule has 74 valence electrons. The molecule has 1 aromatic carbocycles. The molecule has 0 bridgehead atoms. The third-order valence-corrected chi connectivity index (χ3v) is 2.58. The average Bonchev–Trinajstić information content (AvgIpc) is 2.00. The van der Waals surface area contributed by atoms with E-state index in [1.165, 1.54) is 0 Å². The lowest BCUT2D eigenvalue weighted by atomic mass is 10.0. The summed E-state index contributed by atoms with van der Waals surface area (Å²) in [6.45, 7) is 3.93. The highest BCUT2D eigenvalue weighted by Crippen LogP contribution is 2.30. The normalized spacial score (nSPS) is 9.92. The molecule has 0 unspecified atom stereocenters. The van der Waals surface area contributed by atoms with Gasteiger partial charge in [-0.1, -0.05) is 6.07 Å². The van der Waals surface area contributed by atoms with Crippen LogP contribution in [0, 0.1) is 13.8 Å². The number of anilines is 1. The lowest BCUT2D eigenvalue weighted by molar-refractivity contribution is 1.22. The number of nitrogen functional groups attached to an aromatic ring is 1. The average molecular weight is 241 g/mol. The Hall–Kier alpha value is -0.110. The van der Waals surface area contributed by atoms with Crippen molar-refractivity contribution in [3.8, 4) is 0 Å². The van der Waals surface area contributed by atoms with Crippen LogP contribution in [0.5, 0.6) is 0 Å². The molecule has 0 heterocycles. The van der Waals surface area contributed by atoms with E-state index in [4.69, 9.17) is 28.9 Å². The molecule has 0 aliphatic heterocycles. The van der Waals surface area contributed by atoms with E-state index in [0.29, 0.717) is 0 Å². The van der Waals surface area contributed by atoms with Crippen LogP contribution in [-0.2, 0) is 0 Å². The van der Waals surface area contributed by atoms with Crippen molar-refractivity contribution in [2.45, 2.75) is 18.7 Å². The van der Waals surface area contributed by atoms with Gasteiger partial charge < -0.3 is 5.73 Å². The molecule has 1 rings (SSSR count). The van der Waals surface area contributed by atoms with E-state index in [1.54, 1.807) is 0 Å². The van der Waals surface area contributed by atoms with E-state index in [9.17, 15) is 0 Å². The Kier molecular flexibility index (Phi) is 4.90. The van der Waals surface area contributed by atoms with Gasteiger partial charge in [0.1, 0.15) is 4.84 Å². The van der Waals surface area contributed by atoms with Gasteiger partial charge in [-0.2, -0.15) is 0 Å². The van der Waals surface area contributed by atoms with Crippen LogP contribution in [0.3, 0.4) is 0 Å². The summed E-state index contributed by atoms with van der Waals surface area (Å²) in [5, 5.41) is 0. The zero-order chi connectivity index (χ0) is 9.30. The van der Waals surface area contributed by atoms with Crippen molar-refractivity contribution in [1.29, 1.82) is 0 Å². The molecule has 1 aromatic rings. The van der Waals surface area contributed by atoms with Crippen LogP contribution < -0.4 is 5.73 Å². The Balaban J connectivity index is 0.00000144. The lowest BCUT2D eigenvalue weighted by Gasteiger charge is -2.10. The van der Waals surface area contributed by atoms with Crippen molar-refractivity contribution < 1.29 is 0 Å². The molecule has 1 nitrogen and oxygen atoms in total. The van der Waals surface area contributed by atoms with Gasteiger partial charge in [-0.05, 0) is 36.6 Å². The number of halogens is 3. The molecule has 0 aromatic heterocycles. The second kappa shape index (κ2) is 4.94. The number of rotatable bonds is 1. The molecule has 0 amide bonds. The van der Waals surface area contributed by atoms with Crippen LogP contribution in [0.1, 0.15) is 21.5 Å². The number of alkyl halides is 2. The molecule has 0 spiro atoms. The smallest absolute Gasteiger partial charge is 0.133 e. The van der Waals surface area contributed by atoms with E-state index in [-0.39, 0.29) is 12.4 Å². The Labute approximate surface area is 94.6 Å². The number of hydrogen-bond donors (Lipinski definition) is 1. The topological polar surface area (TPSA) is 26.0 Å². The molecule has 0 aliphatic rings. The molecule has 0 aliphatic carbocycles. The molecular weight excluding hydrogens is 228 g/mol. The Morgan fingerprint density at radius 1 is 1.15 bits per heavy atom. The van der Waals surface area contributed by atoms with Gasteiger partial charge in [0.15, 0.2) is 0 Å². The standard InChI is InChI=1S/C9H11Cl2N.ClH/c1-5-6(2)8(12)4-3-7(5)9(10)11;/h3-4,9H,12H2,1-2H3;1H. The molecule has 2 N–H and O–H groups in total. The summed E-state index contributed by atoms with van der Waals surface area (Å²) in [6.07, 6.45) is 0. The van der Waals surface area contributed by atoms with Gasteiger partial charge in [-0.15, -0.1) is 35.6 Å². The van der Waals surface area contributed by atoms with Crippen molar-refractivity contribution in [3.05, 3.63) is 28.8 Å². The second-order valence-corrected chi connectivity index (χ2v) is 3.89. The summed E-state index contributed by atoms with van der Waals surface area (Å²) in [4.78, 5) is -0.468. The minimum Gasteiger partial charge on any atom is -0.399 e. The molecule has 13 heavy (non-hydrogen) atoms. The summed E-state index contributed by atoms with van der Waals surface area (Å²) in [6, 6.07) is 3.69. The van der Waals surface area contributed by atoms with Crippen LogP contribution in [-0.4, -0.2) is 0 Å². The first-order valence-electron chi connectivity index (χ1n) is 3.67. The maximum Gasteiger partial charge on any atom is 0.133 e. The van der Waals surface area contributed by atoms with Crippen LogP contribution in [0.4, 0.5) is 5.69 Å². The Bertz CT molecular complexity index is 297. The van der Waals surface area contributed by atoms with Crippen molar-refractivity contribution in [3.63, 3.8) is 0 Å². The fourth-order valence-corrected chi connectivity index (χ4v) is 1.57. The predicted molar refractivity (Wildman–Crippen MR) is 62.0 cm³/mol. The highest BCUT2D eigenvalue weighted by molar-refractivity contribution is 6.44. The summed E-state index contributed by atoms with van der Waals surface area (Å²) < 4.78 is 0. The molecule has 0 saturated heterocycles. The van der Waals surface area contributed by atoms with Crippen LogP contribution in [0.15, 0.2) is 12.1 Å². The minimum absolute atomic E-state index is 0. The van der Waals surface area contributed by atoms with E-state index < -0.39 is 4.84 Å². The van der Waals surface area contributed by atoms with E-state index in [1.807, 2.05) is 26.0 Å². The second-order valence-electron chi connectivity index (χ2n) is 2.79. The predicted octanol–water partition coefficient (Wildman–Crippen LogP) is 3.78. The van der Waals surface area contributed by atoms with Crippen LogP contribution in [0.2, 0.25) is 0 Å². The zero-order valence-electron chi connectivity index (χ0n) is 7.47. The fraction of sp³-hybridized carbons (Fsp3) is 0.333. The van der Waals surface area contributed by atoms with Gasteiger partial charge in [-0.25, -0.2) is 0 Å². The van der Waals surface area contributed by atoms with Crippen molar-refractivity contribution >= 4 is 41.3 Å². The maximum atomic E-state index is 5.76. The van der Waals surface area contributed by atoms with Gasteiger partial charge >= 0.3 is 0 Å².